The summed E-state index contributed by atoms with van der Waals surface area (Å²) in [7, 11) is 0. The van der Waals surface area contributed by atoms with Crippen molar-refractivity contribution in [3.63, 3.8) is 0 Å². The molecule has 5 nitrogen and oxygen atoms in total. The lowest BCUT2D eigenvalue weighted by Crippen LogP contribution is -2.07. The van der Waals surface area contributed by atoms with E-state index in [0.29, 0.717) is 23.1 Å². The second-order valence-corrected chi connectivity index (χ2v) is 4.55. The van der Waals surface area contributed by atoms with Crippen LogP contribution in [0.3, 0.4) is 0 Å². The van der Waals surface area contributed by atoms with Gasteiger partial charge in [-0.25, -0.2) is 8.78 Å². The number of nitrogens with zero attached hydrogens (tertiary/aromatic N) is 2. The molecule has 2 N–H and O–H groups in total. The molecule has 2 aromatic heterocycles. The highest BCUT2D eigenvalue weighted by atomic mass is 32.1. The summed E-state index contributed by atoms with van der Waals surface area (Å²) in [6.07, 6.45) is -2.13. The van der Waals surface area contributed by atoms with Gasteiger partial charge in [-0.1, -0.05) is 5.16 Å². The molecule has 0 radical (unpaired) electrons. The number of hydrogen-bond donors (Lipinski definition) is 1. The molecule has 8 heteroatoms. The fourth-order valence-electron chi connectivity index (χ4n) is 1.26. The van der Waals surface area contributed by atoms with E-state index in [0.717, 1.165) is 4.88 Å². The molecule has 0 aliphatic carbocycles. The normalized spacial score (nSPS) is 11.3. The number of anilines is 1. The molecule has 18 heavy (non-hydrogen) atoms. The van der Waals surface area contributed by atoms with Crippen molar-refractivity contribution in [2.45, 2.75) is 12.8 Å². The fraction of sp³-hybridized carbons (Fsp3) is 0.400. The topological polar surface area (TPSA) is 74.2 Å². The second-order valence-electron chi connectivity index (χ2n) is 3.43. The minimum Gasteiger partial charge on any atom is -0.391 e. The van der Waals surface area contributed by atoms with Gasteiger partial charge < -0.3 is 15.0 Å². The van der Waals surface area contributed by atoms with Crippen LogP contribution in [0.25, 0.3) is 10.8 Å². The maximum Gasteiger partial charge on any atom is 0.268 e. The smallest absolute Gasteiger partial charge is 0.268 e. The monoisotopic (exact) mass is 275 g/mol. The van der Waals surface area contributed by atoms with Gasteiger partial charge in [-0.3, -0.25) is 0 Å². The summed E-state index contributed by atoms with van der Waals surface area (Å²) in [6, 6.07) is 3.53. The highest BCUT2D eigenvalue weighted by Crippen LogP contribution is 2.27. The molecule has 0 saturated heterocycles. The third kappa shape index (κ3) is 3.47. The Hall–Kier alpha value is -1.54. The molecule has 98 valence electrons. The van der Waals surface area contributed by atoms with Gasteiger partial charge in [0, 0.05) is 6.42 Å². The first-order valence-corrected chi connectivity index (χ1v) is 6.01. The largest absolute Gasteiger partial charge is 0.391 e. The van der Waals surface area contributed by atoms with E-state index in [2.05, 4.69) is 10.1 Å². The third-order valence-electron chi connectivity index (χ3n) is 2.02. The minimum absolute atomic E-state index is 0.135. The maximum atomic E-state index is 11.8. The molecule has 0 spiro atoms. The van der Waals surface area contributed by atoms with Crippen molar-refractivity contribution in [2.75, 3.05) is 18.9 Å². The molecule has 0 atom stereocenters. The molecule has 0 fully saturated rings. The Morgan fingerprint density at radius 2 is 2.28 bits per heavy atom. The first kappa shape index (κ1) is 12.9. The second kappa shape index (κ2) is 5.87. The zero-order chi connectivity index (χ0) is 13.0. The average molecular weight is 275 g/mol. The quantitative estimate of drug-likeness (QED) is 0.818. The highest BCUT2D eigenvalue weighted by molar-refractivity contribution is 7.19. The number of alkyl halides is 2. The van der Waals surface area contributed by atoms with Crippen LogP contribution in [0.4, 0.5) is 13.8 Å². The summed E-state index contributed by atoms with van der Waals surface area (Å²) in [6.45, 7) is -0.442. The first-order valence-electron chi connectivity index (χ1n) is 5.19. The molecule has 0 amide bonds. The molecule has 2 heterocycles. The van der Waals surface area contributed by atoms with Gasteiger partial charge in [-0.15, -0.1) is 11.3 Å². The molecule has 0 unspecified atom stereocenters. The van der Waals surface area contributed by atoms with E-state index < -0.39 is 13.0 Å². The van der Waals surface area contributed by atoms with Crippen LogP contribution in [-0.2, 0) is 11.2 Å². The van der Waals surface area contributed by atoms with Crippen LogP contribution in [-0.4, -0.2) is 29.8 Å². The third-order valence-corrected chi connectivity index (χ3v) is 2.92. The van der Waals surface area contributed by atoms with Crippen LogP contribution in [0, 0.1) is 0 Å². The van der Waals surface area contributed by atoms with Crippen molar-refractivity contribution in [1.82, 2.24) is 10.1 Å². The average Bonchev–Trinajstić information content (AvgIpc) is 2.93. The van der Waals surface area contributed by atoms with E-state index in [4.69, 9.17) is 15.0 Å². The van der Waals surface area contributed by atoms with Crippen LogP contribution >= 0.6 is 11.3 Å². The van der Waals surface area contributed by atoms with Crippen molar-refractivity contribution in [1.29, 1.82) is 0 Å². The lowest BCUT2D eigenvalue weighted by atomic mass is 10.4. The highest BCUT2D eigenvalue weighted by Gasteiger charge is 2.11. The van der Waals surface area contributed by atoms with E-state index in [1.54, 1.807) is 12.1 Å². The van der Waals surface area contributed by atoms with Crippen molar-refractivity contribution >= 4 is 16.3 Å². The Morgan fingerprint density at radius 3 is 2.94 bits per heavy atom. The van der Waals surface area contributed by atoms with Gasteiger partial charge >= 0.3 is 0 Å². The number of nitrogens with two attached hydrogens (primary N) is 1. The van der Waals surface area contributed by atoms with Gasteiger partial charge in [0.2, 0.25) is 0 Å². The van der Waals surface area contributed by atoms with Crippen LogP contribution < -0.4 is 5.73 Å². The van der Waals surface area contributed by atoms with Crippen LogP contribution in [0.2, 0.25) is 0 Å². The summed E-state index contributed by atoms with van der Waals surface area (Å²) in [5.41, 5.74) is 5.59. The number of thiophene rings is 1. The molecular weight excluding hydrogens is 264 g/mol. The number of aromatic nitrogens is 2. The lowest BCUT2D eigenvalue weighted by Gasteiger charge is -1.99. The van der Waals surface area contributed by atoms with Gasteiger partial charge in [-0.2, -0.15) is 4.98 Å². The first-order chi connectivity index (χ1) is 8.65. The van der Waals surface area contributed by atoms with Crippen LogP contribution in [0.15, 0.2) is 16.7 Å². The maximum absolute atomic E-state index is 11.8. The summed E-state index contributed by atoms with van der Waals surface area (Å²) >= 11 is 1.34. The Labute approximate surface area is 106 Å². The number of ether oxygens (including phenoxy) is 1. The number of hydrogen-bond acceptors (Lipinski definition) is 6. The van der Waals surface area contributed by atoms with Crippen molar-refractivity contribution in [3.05, 3.63) is 18.0 Å². The molecular formula is C10H11F2N3O2S. The molecule has 2 rings (SSSR count). The molecule has 0 saturated carbocycles. The SMILES string of the molecule is Nc1ccc(-c2nc(CCOCC(F)F)no2)s1. The van der Waals surface area contributed by atoms with Gasteiger partial charge in [0.15, 0.2) is 5.82 Å². The Kier molecular flexibility index (Phi) is 4.21. The van der Waals surface area contributed by atoms with Crippen molar-refractivity contribution in [3.8, 4) is 10.8 Å². The minimum atomic E-state index is -2.46. The predicted octanol–water partition coefficient (Wildman–Crippen LogP) is 2.20. The standard InChI is InChI=1S/C10H11F2N3O2S/c11-7(12)5-16-4-3-9-14-10(17-15-9)6-1-2-8(13)18-6/h1-2,7H,3-5,13H2. The van der Waals surface area contributed by atoms with Gasteiger partial charge in [0.05, 0.1) is 16.5 Å². The fourth-order valence-corrected chi connectivity index (χ4v) is 1.96. The zero-order valence-corrected chi connectivity index (χ0v) is 10.1. The van der Waals surface area contributed by atoms with Gasteiger partial charge in [0.25, 0.3) is 12.3 Å². The van der Waals surface area contributed by atoms with E-state index >= 15 is 0 Å². The summed E-state index contributed by atoms with van der Waals surface area (Å²) in [4.78, 5) is 4.90. The summed E-state index contributed by atoms with van der Waals surface area (Å²) in [5.74, 6) is 0.798. The van der Waals surface area contributed by atoms with Gasteiger partial charge in [-0.05, 0) is 12.1 Å². The van der Waals surface area contributed by atoms with Gasteiger partial charge in [0.1, 0.15) is 6.61 Å². The molecule has 0 aliphatic heterocycles. The molecule has 0 bridgehead atoms. The predicted molar refractivity (Wildman–Crippen MR) is 62.6 cm³/mol. The molecule has 2 aromatic rings. The van der Waals surface area contributed by atoms with E-state index in [9.17, 15) is 8.78 Å². The Balaban J connectivity index is 1.86. The lowest BCUT2D eigenvalue weighted by molar-refractivity contribution is 0.0182. The Bertz CT molecular complexity index is 501. The Morgan fingerprint density at radius 1 is 1.44 bits per heavy atom. The van der Waals surface area contributed by atoms with Crippen LogP contribution in [0.1, 0.15) is 5.82 Å². The summed E-state index contributed by atoms with van der Waals surface area (Å²) in [5, 5.41) is 4.39. The van der Waals surface area contributed by atoms with E-state index in [1.165, 1.54) is 11.3 Å². The van der Waals surface area contributed by atoms with E-state index in [-0.39, 0.29) is 6.61 Å². The number of nitrogen functional groups attached to an aromatic ring is 1. The summed E-state index contributed by atoms with van der Waals surface area (Å²) < 4.78 is 33.4. The van der Waals surface area contributed by atoms with Crippen molar-refractivity contribution < 1.29 is 18.0 Å². The zero-order valence-electron chi connectivity index (χ0n) is 9.31. The molecule has 0 aromatic carbocycles. The molecule has 0 aliphatic rings. The van der Waals surface area contributed by atoms with Crippen molar-refractivity contribution in [2.24, 2.45) is 0 Å². The number of halogens is 2. The van der Waals surface area contributed by atoms with E-state index in [1.807, 2.05) is 0 Å². The van der Waals surface area contributed by atoms with Crippen LogP contribution in [0.5, 0.6) is 0 Å². The number of rotatable bonds is 6.